The SMILES string of the molecule is Cc1ccc2nc(C3CCCN3C(=O)NC(C)c3cccs3)[nH]c2c1. The van der Waals surface area contributed by atoms with E-state index in [9.17, 15) is 4.79 Å². The molecule has 1 aromatic carbocycles. The van der Waals surface area contributed by atoms with E-state index in [4.69, 9.17) is 4.98 Å². The van der Waals surface area contributed by atoms with Gasteiger partial charge in [-0.3, -0.25) is 0 Å². The van der Waals surface area contributed by atoms with Crippen LogP contribution in [0.4, 0.5) is 4.79 Å². The second-order valence-electron chi connectivity index (χ2n) is 6.68. The first-order valence-corrected chi connectivity index (χ1v) is 9.56. The van der Waals surface area contributed by atoms with E-state index in [1.54, 1.807) is 11.3 Å². The van der Waals surface area contributed by atoms with Gasteiger partial charge in [-0.1, -0.05) is 12.1 Å². The van der Waals surface area contributed by atoms with Crippen LogP contribution in [-0.2, 0) is 0 Å². The zero-order chi connectivity index (χ0) is 17.4. The van der Waals surface area contributed by atoms with Crippen LogP contribution in [-0.4, -0.2) is 27.4 Å². The second-order valence-corrected chi connectivity index (χ2v) is 7.66. The number of aromatic amines is 1. The maximum Gasteiger partial charge on any atom is 0.318 e. The van der Waals surface area contributed by atoms with E-state index >= 15 is 0 Å². The van der Waals surface area contributed by atoms with Crippen molar-refractivity contribution in [1.82, 2.24) is 20.2 Å². The number of aromatic nitrogens is 2. The minimum Gasteiger partial charge on any atom is -0.340 e. The molecule has 0 bridgehead atoms. The summed E-state index contributed by atoms with van der Waals surface area (Å²) in [4.78, 5) is 24.0. The molecular formula is C19H22N4OS. The third-order valence-electron chi connectivity index (χ3n) is 4.79. The first kappa shape index (κ1) is 16.1. The van der Waals surface area contributed by atoms with E-state index < -0.39 is 0 Å². The van der Waals surface area contributed by atoms with E-state index in [2.05, 4.69) is 35.4 Å². The third-order valence-corrected chi connectivity index (χ3v) is 5.85. The molecule has 2 N–H and O–H groups in total. The molecule has 0 spiro atoms. The molecule has 1 saturated heterocycles. The highest BCUT2D eigenvalue weighted by Gasteiger charge is 2.32. The fourth-order valence-corrected chi connectivity index (χ4v) is 4.21. The molecule has 2 atom stereocenters. The zero-order valence-electron chi connectivity index (χ0n) is 14.5. The number of fused-ring (bicyclic) bond motifs is 1. The Bertz CT molecular complexity index is 886. The van der Waals surface area contributed by atoms with Gasteiger partial charge in [-0.2, -0.15) is 0 Å². The van der Waals surface area contributed by atoms with Crippen LogP contribution in [0.3, 0.4) is 0 Å². The van der Waals surface area contributed by atoms with Crippen molar-refractivity contribution in [3.63, 3.8) is 0 Å². The highest BCUT2D eigenvalue weighted by molar-refractivity contribution is 7.10. The number of likely N-dealkylation sites (tertiary alicyclic amines) is 1. The first-order valence-electron chi connectivity index (χ1n) is 8.68. The van der Waals surface area contributed by atoms with Crippen molar-refractivity contribution in [2.75, 3.05) is 6.54 Å². The molecule has 2 amide bonds. The summed E-state index contributed by atoms with van der Waals surface area (Å²) in [6.07, 6.45) is 1.95. The van der Waals surface area contributed by atoms with Crippen molar-refractivity contribution < 1.29 is 4.79 Å². The van der Waals surface area contributed by atoms with Crippen LogP contribution >= 0.6 is 11.3 Å². The molecule has 25 heavy (non-hydrogen) atoms. The number of rotatable bonds is 3. The van der Waals surface area contributed by atoms with Gasteiger partial charge >= 0.3 is 6.03 Å². The van der Waals surface area contributed by atoms with Crippen LogP contribution in [0.25, 0.3) is 11.0 Å². The Balaban J connectivity index is 1.53. The Morgan fingerprint density at radius 2 is 2.32 bits per heavy atom. The highest BCUT2D eigenvalue weighted by atomic mass is 32.1. The monoisotopic (exact) mass is 354 g/mol. The average Bonchev–Trinajstić information content (AvgIpc) is 3.33. The van der Waals surface area contributed by atoms with Crippen molar-refractivity contribution in [1.29, 1.82) is 0 Å². The summed E-state index contributed by atoms with van der Waals surface area (Å²) >= 11 is 1.67. The van der Waals surface area contributed by atoms with Gasteiger partial charge in [0.25, 0.3) is 0 Å². The number of hydrogen-bond acceptors (Lipinski definition) is 3. The van der Waals surface area contributed by atoms with Gasteiger partial charge in [0.15, 0.2) is 0 Å². The number of carbonyl (C=O) groups excluding carboxylic acids is 1. The number of carbonyl (C=O) groups is 1. The number of aryl methyl sites for hydroxylation is 1. The molecule has 130 valence electrons. The summed E-state index contributed by atoms with van der Waals surface area (Å²) in [6.45, 7) is 4.86. The van der Waals surface area contributed by atoms with Gasteiger partial charge in [-0.15, -0.1) is 11.3 Å². The largest absolute Gasteiger partial charge is 0.340 e. The molecule has 5 nitrogen and oxygen atoms in total. The number of benzene rings is 1. The molecule has 3 aromatic rings. The van der Waals surface area contributed by atoms with Gasteiger partial charge < -0.3 is 15.2 Å². The molecule has 1 aliphatic heterocycles. The second kappa shape index (κ2) is 6.52. The Morgan fingerprint density at radius 1 is 1.44 bits per heavy atom. The number of hydrogen-bond donors (Lipinski definition) is 2. The molecule has 2 unspecified atom stereocenters. The van der Waals surface area contributed by atoms with Gasteiger partial charge in [0.05, 0.1) is 23.1 Å². The zero-order valence-corrected chi connectivity index (χ0v) is 15.3. The lowest BCUT2D eigenvalue weighted by atomic mass is 10.2. The number of nitrogens with zero attached hydrogens (tertiary/aromatic N) is 2. The van der Waals surface area contributed by atoms with Crippen LogP contribution in [0.1, 0.15) is 48.1 Å². The molecule has 6 heteroatoms. The maximum absolute atomic E-state index is 12.8. The van der Waals surface area contributed by atoms with Crippen LogP contribution in [0.15, 0.2) is 35.7 Å². The Labute approximate surface area is 151 Å². The lowest BCUT2D eigenvalue weighted by Gasteiger charge is -2.25. The summed E-state index contributed by atoms with van der Waals surface area (Å²) in [6, 6.07) is 10.3. The maximum atomic E-state index is 12.8. The molecule has 1 aliphatic rings. The predicted octanol–water partition coefficient (Wildman–Crippen LogP) is 4.54. The normalized spacial score (nSPS) is 18.6. The highest BCUT2D eigenvalue weighted by Crippen LogP contribution is 2.32. The van der Waals surface area contributed by atoms with Gasteiger partial charge in [-0.05, 0) is 55.8 Å². The fourth-order valence-electron chi connectivity index (χ4n) is 3.47. The van der Waals surface area contributed by atoms with E-state index in [0.717, 1.165) is 36.2 Å². The summed E-state index contributed by atoms with van der Waals surface area (Å²) in [7, 11) is 0. The van der Waals surface area contributed by atoms with Gasteiger partial charge in [0, 0.05) is 11.4 Å². The van der Waals surface area contributed by atoms with Crippen molar-refractivity contribution in [2.45, 2.75) is 38.8 Å². The summed E-state index contributed by atoms with van der Waals surface area (Å²) in [5.74, 6) is 0.886. The Kier molecular flexibility index (Phi) is 4.21. The number of H-pyrrole nitrogens is 1. The fraction of sp³-hybridized carbons (Fsp3) is 0.368. The van der Waals surface area contributed by atoms with E-state index in [1.165, 1.54) is 10.4 Å². The lowest BCUT2D eigenvalue weighted by molar-refractivity contribution is 0.188. The molecule has 0 saturated carbocycles. The number of nitrogens with one attached hydrogen (secondary N) is 2. The van der Waals surface area contributed by atoms with Crippen LogP contribution in [0.2, 0.25) is 0 Å². The van der Waals surface area contributed by atoms with Crippen molar-refractivity contribution >= 4 is 28.4 Å². The van der Waals surface area contributed by atoms with Crippen LogP contribution < -0.4 is 5.32 Å². The molecule has 4 rings (SSSR count). The Hall–Kier alpha value is -2.34. The average molecular weight is 354 g/mol. The molecule has 2 aromatic heterocycles. The molecule has 1 fully saturated rings. The summed E-state index contributed by atoms with van der Waals surface area (Å²) in [5, 5.41) is 5.16. The Morgan fingerprint density at radius 3 is 3.12 bits per heavy atom. The standard InChI is InChI=1S/C19H22N4OS/c1-12-7-8-14-15(11-12)22-18(21-14)16-5-3-9-23(16)19(24)20-13(2)17-6-4-10-25-17/h4,6-8,10-11,13,16H,3,5,9H2,1-2H3,(H,20,24)(H,21,22). The van der Waals surface area contributed by atoms with Gasteiger partial charge in [0.2, 0.25) is 0 Å². The minimum atomic E-state index is -0.0139. The topological polar surface area (TPSA) is 61.0 Å². The lowest BCUT2D eigenvalue weighted by Crippen LogP contribution is -2.40. The number of thiophene rings is 1. The first-order chi connectivity index (χ1) is 12.1. The quantitative estimate of drug-likeness (QED) is 0.725. The van der Waals surface area contributed by atoms with E-state index in [1.807, 2.05) is 29.3 Å². The van der Waals surface area contributed by atoms with Gasteiger partial charge in [-0.25, -0.2) is 9.78 Å². The number of urea groups is 1. The van der Waals surface area contributed by atoms with Crippen molar-refractivity contribution in [2.24, 2.45) is 0 Å². The van der Waals surface area contributed by atoms with E-state index in [0.29, 0.717) is 0 Å². The number of amides is 2. The van der Waals surface area contributed by atoms with Gasteiger partial charge in [0.1, 0.15) is 5.82 Å². The summed E-state index contributed by atoms with van der Waals surface area (Å²) < 4.78 is 0. The third kappa shape index (κ3) is 3.14. The van der Waals surface area contributed by atoms with Crippen molar-refractivity contribution in [3.8, 4) is 0 Å². The molecular weight excluding hydrogens is 332 g/mol. The smallest absolute Gasteiger partial charge is 0.318 e. The molecule has 0 aliphatic carbocycles. The van der Waals surface area contributed by atoms with Crippen LogP contribution in [0.5, 0.6) is 0 Å². The van der Waals surface area contributed by atoms with Crippen molar-refractivity contribution in [3.05, 3.63) is 52.0 Å². The minimum absolute atomic E-state index is 0.0139. The predicted molar refractivity (Wildman–Crippen MR) is 101 cm³/mol. The molecule has 0 radical (unpaired) electrons. The van der Waals surface area contributed by atoms with E-state index in [-0.39, 0.29) is 18.1 Å². The van der Waals surface area contributed by atoms with Crippen LogP contribution in [0, 0.1) is 6.92 Å². The molecule has 3 heterocycles. The summed E-state index contributed by atoms with van der Waals surface area (Å²) in [5.41, 5.74) is 3.20. The number of imidazole rings is 1.